The fourth-order valence-corrected chi connectivity index (χ4v) is 3.49. The second kappa shape index (κ2) is 5.75. The van der Waals surface area contributed by atoms with Crippen LogP contribution in [0.5, 0.6) is 0 Å². The number of fused-ring (bicyclic) bond motifs is 1. The lowest BCUT2D eigenvalue weighted by atomic mass is 10.0. The van der Waals surface area contributed by atoms with E-state index in [1.807, 2.05) is 0 Å². The van der Waals surface area contributed by atoms with Gasteiger partial charge in [-0.05, 0) is 31.7 Å². The van der Waals surface area contributed by atoms with E-state index in [4.69, 9.17) is 0 Å². The van der Waals surface area contributed by atoms with E-state index in [-0.39, 0.29) is 5.56 Å². The third-order valence-electron chi connectivity index (χ3n) is 3.54. The number of aryl methyl sites for hydroxylation is 3. The Morgan fingerprint density at radius 2 is 2.00 bits per heavy atom. The summed E-state index contributed by atoms with van der Waals surface area (Å²) in [5.74, 6) is 0.661. The fraction of sp³-hybridized carbons (Fsp3) is 0.500. The molecule has 1 aliphatic carbocycles. The van der Waals surface area contributed by atoms with Crippen LogP contribution < -0.4 is 10.9 Å². The van der Waals surface area contributed by atoms with Gasteiger partial charge in [-0.2, -0.15) is 5.10 Å². The van der Waals surface area contributed by atoms with Crippen molar-refractivity contribution < 1.29 is 0 Å². The summed E-state index contributed by atoms with van der Waals surface area (Å²) in [5, 5.41) is 8.26. The Morgan fingerprint density at radius 3 is 2.80 bits per heavy atom. The topological polar surface area (TPSA) is 59.8 Å². The van der Waals surface area contributed by atoms with Gasteiger partial charge < -0.3 is 5.32 Å². The minimum atomic E-state index is -0.109. The van der Waals surface area contributed by atoms with E-state index in [2.05, 4.69) is 15.4 Å². The van der Waals surface area contributed by atoms with Gasteiger partial charge in [0.25, 0.3) is 5.56 Å². The summed E-state index contributed by atoms with van der Waals surface area (Å²) in [5.41, 5.74) is 1.13. The van der Waals surface area contributed by atoms with Crippen LogP contribution in [-0.4, -0.2) is 14.8 Å². The van der Waals surface area contributed by atoms with E-state index in [1.165, 1.54) is 47.0 Å². The maximum Gasteiger partial charge on any atom is 0.266 e. The average Bonchev–Trinajstić information content (AvgIpc) is 2.76. The number of hydrogen-bond donors (Lipinski definition) is 1. The van der Waals surface area contributed by atoms with Crippen LogP contribution in [0.3, 0.4) is 0 Å². The van der Waals surface area contributed by atoms with Crippen LogP contribution in [0, 0.1) is 0 Å². The lowest BCUT2D eigenvalue weighted by Gasteiger charge is -2.06. The molecule has 2 aromatic heterocycles. The highest BCUT2D eigenvalue weighted by Crippen LogP contribution is 2.29. The lowest BCUT2D eigenvalue weighted by molar-refractivity contribution is 0.616. The minimum absolute atomic E-state index is 0.109. The molecule has 0 spiro atoms. The van der Waals surface area contributed by atoms with Crippen molar-refractivity contribution in [3.8, 4) is 0 Å². The van der Waals surface area contributed by atoms with E-state index in [0.29, 0.717) is 5.82 Å². The van der Waals surface area contributed by atoms with E-state index < -0.39 is 0 Å². The lowest BCUT2D eigenvalue weighted by Crippen LogP contribution is -2.18. The van der Waals surface area contributed by atoms with Crippen LogP contribution in [-0.2, 0) is 19.9 Å². The minimum Gasteiger partial charge on any atom is -0.315 e. The van der Waals surface area contributed by atoms with Gasteiger partial charge in [-0.15, -0.1) is 11.3 Å². The molecule has 0 amide bonds. The monoisotopic (exact) mass is 290 g/mol. The molecule has 0 atom stereocenters. The maximum absolute atomic E-state index is 11.3. The molecule has 3 rings (SSSR count). The first-order chi connectivity index (χ1) is 9.72. The van der Waals surface area contributed by atoms with Crippen molar-refractivity contribution in [1.82, 2.24) is 14.8 Å². The molecule has 0 saturated heterocycles. The summed E-state index contributed by atoms with van der Waals surface area (Å²) in [7, 11) is 1.65. The summed E-state index contributed by atoms with van der Waals surface area (Å²) in [6.07, 6.45) is 7.33. The molecule has 0 saturated carbocycles. The zero-order valence-electron chi connectivity index (χ0n) is 11.6. The Morgan fingerprint density at radius 1 is 1.20 bits per heavy atom. The van der Waals surface area contributed by atoms with Crippen LogP contribution in [0.15, 0.2) is 16.9 Å². The predicted molar refractivity (Wildman–Crippen MR) is 80.8 cm³/mol. The molecular formula is C14H18N4OS. The quantitative estimate of drug-likeness (QED) is 0.923. The molecule has 0 unspecified atom stereocenters. The number of anilines is 2. The Balaban J connectivity index is 1.82. The number of nitrogens with one attached hydrogen (secondary N) is 1. The number of rotatable bonds is 2. The Labute approximate surface area is 121 Å². The molecule has 0 fully saturated rings. The molecule has 0 bridgehead atoms. The first-order valence-corrected chi connectivity index (χ1v) is 7.84. The zero-order valence-corrected chi connectivity index (χ0v) is 12.4. The molecule has 1 aliphatic rings. The average molecular weight is 290 g/mol. The third-order valence-corrected chi connectivity index (χ3v) is 4.61. The molecule has 2 heterocycles. The SMILES string of the molecule is Cn1nc(Nc2nc3c(s2)CCCCCC3)ccc1=O. The fourth-order valence-electron chi connectivity index (χ4n) is 2.44. The summed E-state index contributed by atoms with van der Waals surface area (Å²) >= 11 is 1.71. The van der Waals surface area contributed by atoms with Gasteiger partial charge >= 0.3 is 0 Å². The number of nitrogens with zero attached hydrogens (tertiary/aromatic N) is 3. The summed E-state index contributed by atoms with van der Waals surface area (Å²) in [6.45, 7) is 0. The zero-order chi connectivity index (χ0) is 13.9. The number of hydrogen-bond acceptors (Lipinski definition) is 5. The molecule has 2 aromatic rings. The second-order valence-corrected chi connectivity index (χ2v) is 6.19. The molecule has 0 aliphatic heterocycles. The van der Waals surface area contributed by atoms with Crippen molar-refractivity contribution in [2.75, 3.05) is 5.32 Å². The van der Waals surface area contributed by atoms with Crippen molar-refractivity contribution >= 4 is 22.3 Å². The van der Waals surface area contributed by atoms with Crippen molar-refractivity contribution in [2.24, 2.45) is 7.05 Å². The highest BCUT2D eigenvalue weighted by atomic mass is 32.1. The van der Waals surface area contributed by atoms with Gasteiger partial charge in [0.1, 0.15) is 0 Å². The molecule has 20 heavy (non-hydrogen) atoms. The molecule has 1 N–H and O–H groups in total. The molecule has 106 valence electrons. The third kappa shape index (κ3) is 2.90. The van der Waals surface area contributed by atoms with Crippen LogP contribution in [0.2, 0.25) is 0 Å². The Kier molecular flexibility index (Phi) is 3.82. The van der Waals surface area contributed by atoms with Crippen LogP contribution in [0.1, 0.15) is 36.3 Å². The highest BCUT2D eigenvalue weighted by Gasteiger charge is 2.13. The Bertz CT molecular complexity index is 636. The first-order valence-electron chi connectivity index (χ1n) is 7.02. The van der Waals surface area contributed by atoms with Gasteiger partial charge in [0, 0.05) is 18.0 Å². The molecule has 5 nitrogen and oxygen atoms in total. The van der Waals surface area contributed by atoms with Gasteiger partial charge in [0.05, 0.1) is 5.69 Å². The normalized spacial score (nSPS) is 15.2. The van der Waals surface area contributed by atoms with Gasteiger partial charge in [0.15, 0.2) is 10.9 Å². The van der Waals surface area contributed by atoms with Crippen molar-refractivity contribution in [1.29, 1.82) is 0 Å². The van der Waals surface area contributed by atoms with E-state index in [9.17, 15) is 4.79 Å². The van der Waals surface area contributed by atoms with E-state index in [0.717, 1.165) is 18.0 Å². The van der Waals surface area contributed by atoms with Crippen molar-refractivity contribution in [3.05, 3.63) is 33.1 Å². The van der Waals surface area contributed by atoms with Crippen LogP contribution in [0.4, 0.5) is 10.9 Å². The number of thiazole rings is 1. The highest BCUT2D eigenvalue weighted by molar-refractivity contribution is 7.15. The number of aromatic nitrogens is 3. The van der Waals surface area contributed by atoms with E-state index in [1.54, 1.807) is 24.5 Å². The van der Waals surface area contributed by atoms with Gasteiger partial charge in [-0.3, -0.25) is 4.79 Å². The van der Waals surface area contributed by atoms with Gasteiger partial charge in [0.2, 0.25) is 0 Å². The van der Waals surface area contributed by atoms with Crippen LogP contribution >= 0.6 is 11.3 Å². The first kappa shape index (κ1) is 13.3. The summed E-state index contributed by atoms with van der Waals surface area (Å²) in [6, 6.07) is 3.21. The summed E-state index contributed by atoms with van der Waals surface area (Å²) < 4.78 is 1.33. The second-order valence-electron chi connectivity index (χ2n) is 5.11. The molecule has 0 aromatic carbocycles. The van der Waals surface area contributed by atoms with Gasteiger partial charge in [-0.1, -0.05) is 12.8 Å². The maximum atomic E-state index is 11.3. The molecular weight excluding hydrogens is 272 g/mol. The predicted octanol–water partition coefficient (Wildman–Crippen LogP) is 2.64. The van der Waals surface area contributed by atoms with Crippen molar-refractivity contribution in [2.45, 2.75) is 38.5 Å². The van der Waals surface area contributed by atoms with Crippen molar-refractivity contribution in [3.63, 3.8) is 0 Å². The molecule has 6 heteroatoms. The largest absolute Gasteiger partial charge is 0.315 e. The molecule has 0 radical (unpaired) electrons. The van der Waals surface area contributed by atoms with E-state index >= 15 is 0 Å². The van der Waals surface area contributed by atoms with Crippen LogP contribution in [0.25, 0.3) is 0 Å². The smallest absolute Gasteiger partial charge is 0.266 e. The van der Waals surface area contributed by atoms with Gasteiger partial charge in [-0.25, -0.2) is 9.67 Å². The standard InChI is InChI=1S/C14H18N4OS/c1-18-13(19)9-8-12(17-18)16-14-15-10-6-4-2-3-5-7-11(10)20-14/h8-9H,2-7H2,1H3,(H,15,16,17). The summed E-state index contributed by atoms with van der Waals surface area (Å²) in [4.78, 5) is 17.4. The Hall–Kier alpha value is -1.69.